The molecule has 5 heteroatoms. The Morgan fingerprint density at radius 1 is 1.32 bits per heavy atom. The molecule has 1 N–H and O–H groups in total. The van der Waals surface area contributed by atoms with Gasteiger partial charge in [0.15, 0.2) is 0 Å². The smallest absolute Gasteiger partial charge is 0.306 e. The van der Waals surface area contributed by atoms with Gasteiger partial charge in [0.05, 0.1) is 5.92 Å². The van der Waals surface area contributed by atoms with Crippen molar-refractivity contribution >= 4 is 11.9 Å². The molecule has 22 heavy (non-hydrogen) atoms. The maximum absolute atomic E-state index is 13.6. The summed E-state index contributed by atoms with van der Waals surface area (Å²) in [5.74, 6) is -1.48. The lowest BCUT2D eigenvalue weighted by Gasteiger charge is -2.32. The number of piperidine rings is 1. The summed E-state index contributed by atoms with van der Waals surface area (Å²) >= 11 is 0. The van der Waals surface area contributed by atoms with E-state index in [1.165, 1.54) is 6.07 Å². The van der Waals surface area contributed by atoms with Crippen molar-refractivity contribution in [3.8, 4) is 0 Å². The highest BCUT2D eigenvalue weighted by Gasteiger charge is 2.28. The second-order valence-electron chi connectivity index (χ2n) is 5.97. The Morgan fingerprint density at radius 2 is 1.95 bits per heavy atom. The number of benzene rings is 1. The standard InChI is InChI=1S/C17H22FNO3/c1-12(6-7-13-4-2-3-5-15(13)18)16(20)19-10-8-14(9-11-19)17(21)22/h2-5,12,14H,6-11H2,1H3,(H,21,22). The van der Waals surface area contributed by atoms with Crippen LogP contribution in [0.4, 0.5) is 4.39 Å². The fourth-order valence-corrected chi connectivity index (χ4v) is 2.86. The van der Waals surface area contributed by atoms with E-state index in [2.05, 4.69) is 0 Å². The first-order valence-corrected chi connectivity index (χ1v) is 7.74. The van der Waals surface area contributed by atoms with Crippen molar-refractivity contribution in [3.63, 3.8) is 0 Å². The molecular weight excluding hydrogens is 285 g/mol. The zero-order valence-corrected chi connectivity index (χ0v) is 12.8. The van der Waals surface area contributed by atoms with Crippen LogP contribution in [0.2, 0.25) is 0 Å². The zero-order chi connectivity index (χ0) is 16.1. The quantitative estimate of drug-likeness (QED) is 0.910. The van der Waals surface area contributed by atoms with Gasteiger partial charge in [0, 0.05) is 19.0 Å². The second kappa shape index (κ2) is 7.38. The Kier molecular flexibility index (Phi) is 5.52. The minimum atomic E-state index is -0.778. The van der Waals surface area contributed by atoms with Crippen molar-refractivity contribution < 1.29 is 19.1 Å². The third-order valence-electron chi connectivity index (χ3n) is 4.38. The molecule has 1 aliphatic rings. The number of likely N-dealkylation sites (tertiary alicyclic amines) is 1. The maximum Gasteiger partial charge on any atom is 0.306 e. The van der Waals surface area contributed by atoms with Crippen LogP contribution < -0.4 is 0 Å². The molecular formula is C17H22FNO3. The Balaban J connectivity index is 1.83. The number of hydrogen-bond donors (Lipinski definition) is 1. The number of amides is 1. The van der Waals surface area contributed by atoms with Crippen LogP contribution in [0.5, 0.6) is 0 Å². The second-order valence-corrected chi connectivity index (χ2v) is 5.97. The van der Waals surface area contributed by atoms with Gasteiger partial charge in [-0.1, -0.05) is 25.1 Å². The first-order chi connectivity index (χ1) is 10.5. The van der Waals surface area contributed by atoms with E-state index in [0.29, 0.717) is 44.3 Å². The van der Waals surface area contributed by atoms with Gasteiger partial charge in [0.2, 0.25) is 5.91 Å². The number of carboxylic acids is 1. The lowest BCUT2D eigenvalue weighted by molar-refractivity contribution is -0.146. The largest absolute Gasteiger partial charge is 0.481 e. The number of aliphatic carboxylic acids is 1. The molecule has 2 rings (SSSR count). The number of aryl methyl sites for hydroxylation is 1. The van der Waals surface area contributed by atoms with E-state index in [-0.39, 0.29) is 23.6 Å². The van der Waals surface area contributed by atoms with Crippen LogP contribution in [0.1, 0.15) is 31.7 Å². The fraction of sp³-hybridized carbons (Fsp3) is 0.529. The number of hydrogen-bond acceptors (Lipinski definition) is 2. The van der Waals surface area contributed by atoms with Gasteiger partial charge in [-0.15, -0.1) is 0 Å². The Labute approximate surface area is 129 Å². The number of halogens is 1. The predicted octanol–water partition coefficient (Wildman–Crippen LogP) is 2.72. The van der Waals surface area contributed by atoms with Crippen LogP contribution in [0.3, 0.4) is 0 Å². The highest BCUT2D eigenvalue weighted by atomic mass is 19.1. The number of carbonyl (C=O) groups is 2. The van der Waals surface area contributed by atoms with Gasteiger partial charge in [-0.25, -0.2) is 4.39 Å². The molecule has 4 nitrogen and oxygen atoms in total. The third-order valence-corrected chi connectivity index (χ3v) is 4.38. The average Bonchev–Trinajstić information content (AvgIpc) is 2.53. The van der Waals surface area contributed by atoms with E-state index in [1.54, 1.807) is 23.1 Å². The van der Waals surface area contributed by atoms with Crippen LogP contribution >= 0.6 is 0 Å². The summed E-state index contributed by atoms with van der Waals surface area (Å²) in [5, 5.41) is 8.97. The summed E-state index contributed by atoms with van der Waals surface area (Å²) in [4.78, 5) is 25.0. The molecule has 1 heterocycles. The van der Waals surface area contributed by atoms with E-state index in [1.807, 2.05) is 6.92 Å². The van der Waals surface area contributed by atoms with Gasteiger partial charge in [0.25, 0.3) is 0 Å². The summed E-state index contributed by atoms with van der Waals surface area (Å²) in [7, 11) is 0. The number of carbonyl (C=O) groups excluding carboxylic acids is 1. The lowest BCUT2D eigenvalue weighted by atomic mass is 9.94. The van der Waals surface area contributed by atoms with E-state index in [0.717, 1.165) is 0 Å². The Morgan fingerprint density at radius 3 is 2.55 bits per heavy atom. The van der Waals surface area contributed by atoms with Crippen molar-refractivity contribution in [2.75, 3.05) is 13.1 Å². The zero-order valence-electron chi connectivity index (χ0n) is 12.8. The number of carboxylic acid groups (broad SMARTS) is 1. The molecule has 0 bridgehead atoms. The molecule has 1 saturated heterocycles. The van der Waals surface area contributed by atoms with Crippen LogP contribution in [0.15, 0.2) is 24.3 Å². The van der Waals surface area contributed by atoms with E-state index >= 15 is 0 Å². The highest BCUT2D eigenvalue weighted by molar-refractivity contribution is 5.79. The number of rotatable bonds is 5. The predicted molar refractivity (Wildman–Crippen MR) is 80.8 cm³/mol. The first kappa shape index (κ1) is 16.5. The van der Waals surface area contributed by atoms with Crippen molar-refractivity contribution in [2.24, 2.45) is 11.8 Å². The Hall–Kier alpha value is -1.91. The highest BCUT2D eigenvalue weighted by Crippen LogP contribution is 2.21. The minimum Gasteiger partial charge on any atom is -0.481 e. The molecule has 0 spiro atoms. The van der Waals surface area contributed by atoms with Crippen molar-refractivity contribution in [2.45, 2.75) is 32.6 Å². The molecule has 1 atom stereocenters. The van der Waals surface area contributed by atoms with Gasteiger partial charge in [-0.05, 0) is 37.3 Å². The van der Waals surface area contributed by atoms with E-state index < -0.39 is 5.97 Å². The summed E-state index contributed by atoms with van der Waals surface area (Å²) in [6.45, 7) is 2.85. The van der Waals surface area contributed by atoms with E-state index in [9.17, 15) is 14.0 Å². The molecule has 1 amide bonds. The molecule has 120 valence electrons. The molecule has 1 aromatic rings. The number of nitrogens with zero attached hydrogens (tertiary/aromatic N) is 1. The monoisotopic (exact) mass is 307 g/mol. The van der Waals surface area contributed by atoms with Gasteiger partial charge >= 0.3 is 5.97 Å². The molecule has 1 fully saturated rings. The topological polar surface area (TPSA) is 57.6 Å². The average molecular weight is 307 g/mol. The summed E-state index contributed by atoms with van der Waals surface area (Å²) in [6, 6.07) is 6.62. The van der Waals surface area contributed by atoms with Crippen LogP contribution in [-0.4, -0.2) is 35.0 Å². The van der Waals surface area contributed by atoms with Crippen LogP contribution in [-0.2, 0) is 16.0 Å². The van der Waals surface area contributed by atoms with Gasteiger partial charge in [-0.3, -0.25) is 9.59 Å². The third kappa shape index (κ3) is 4.06. The molecule has 1 aromatic carbocycles. The molecule has 0 radical (unpaired) electrons. The minimum absolute atomic E-state index is 0.0418. The Bertz CT molecular complexity index is 538. The maximum atomic E-state index is 13.6. The summed E-state index contributed by atoms with van der Waals surface area (Å²) in [6.07, 6.45) is 2.16. The fourth-order valence-electron chi connectivity index (χ4n) is 2.86. The summed E-state index contributed by atoms with van der Waals surface area (Å²) < 4.78 is 13.6. The van der Waals surface area contributed by atoms with Gasteiger partial charge in [-0.2, -0.15) is 0 Å². The van der Waals surface area contributed by atoms with Crippen LogP contribution in [0, 0.1) is 17.7 Å². The summed E-state index contributed by atoms with van der Waals surface area (Å²) in [5.41, 5.74) is 0.631. The van der Waals surface area contributed by atoms with Gasteiger partial charge < -0.3 is 10.0 Å². The van der Waals surface area contributed by atoms with Gasteiger partial charge in [0.1, 0.15) is 5.82 Å². The van der Waals surface area contributed by atoms with Crippen molar-refractivity contribution in [3.05, 3.63) is 35.6 Å². The van der Waals surface area contributed by atoms with Crippen LogP contribution in [0.25, 0.3) is 0 Å². The first-order valence-electron chi connectivity index (χ1n) is 7.74. The van der Waals surface area contributed by atoms with E-state index in [4.69, 9.17) is 5.11 Å². The lowest BCUT2D eigenvalue weighted by Crippen LogP contribution is -2.42. The molecule has 1 unspecified atom stereocenters. The normalized spacial score (nSPS) is 17.3. The molecule has 0 aromatic heterocycles. The molecule has 1 aliphatic heterocycles. The van der Waals surface area contributed by atoms with Crippen molar-refractivity contribution in [1.29, 1.82) is 0 Å². The SMILES string of the molecule is CC(CCc1ccccc1F)C(=O)N1CCC(C(=O)O)CC1. The van der Waals surface area contributed by atoms with Crippen molar-refractivity contribution in [1.82, 2.24) is 4.90 Å². The molecule has 0 saturated carbocycles. The molecule has 0 aliphatic carbocycles.